The molecular weight excluding hydrogens is 452 g/mol. The molecule has 0 bridgehead atoms. The van der Waals surface area contributed by atoms with Crippen LogP contribution in [0.3, 0.4) is 0 Å². The summed E-state index contributed by atoms with van der Waals surface area (Å²) in [6.07, 6.45) is 3.22. The molecule has 5 aromatic rings. The number of aryl methyl sites for hydroxylation is 1. The van der Waals surface area contributed by atoms with Crippen molar-refractivity contribution in [2.45, 2.75) is 13.5 Å². The molecule has 2 amide bonds. The van der Waals surface area contributed by atoms with Crippen molar-refractivity contribution in [2.75, 3.05) is 5.32 Å². The molecule has 7 nitrogen and oxygen atoms in total. The number of nitrogens with zero attached hydrogens (tertiary/aromatic N) is 2. The molecule has 0 atom stereocenters. The first kappa shape index (κ1) is 22.9. The molecule has 2 N–H and O–H groups in total. The normalized spacial score (nSPS) is 10.7. The molecule has 0 saturated carbocycles. The first-order chi connectivity index (χ1) is 17.6. The molecule has 0 unspecified atom stereocenters. The van der Waals surface area contributed by atoms with Gasteiger partial charge in [0.25, 0.3) is 11.8 Å². The van der Waals surface area contributed by atoms with Crippen molar-refractivity contribution < 1.29 is 14.0 Å². The van der Waals surface area contributed by atoms with E-state index in [2.05, 4.69) is 10.6 Å². The van der Waals surface area contributed by atoms with E-state index < -0.39 is 0 Å². The predicted molar refractivity (Wildman–Crippen MR) is 138 cm³/mol. The number of carbonyl (C=O) groups excluding carboxylic acids is 2. The Balaban J connectivity index is 1.33. The van der Waals surface area contributed by atoms with Gasteiger partial charge in [0.15, 0.2) is 5.76 Å². The first-order valence-electron chi connectivity index (χ1n) is 11.5. The number of hydrogen-bond acceptors (Lipinski definition) is 4. The van der Waals surface area contributed by atoms with Gasteiger partial charge in [0.05, 0.1) is 17.5 Å². The average molecular weight is 477 g/mol. The summed E-state index contributed by atoms with van der Waals surface area (Å²) in [4.78, 5) is 25.4. The standard InChI is InChI=1S/C29H24N4O3/c1-20-8-5-6-11-24(20)27-25(19-33(32-27)23-9-3-2-4-10-23)28(34)30-18-21-13-15-22(16-14-21)31-29(35)26-12-7-17-36-26/h2-17,19H,18H2,1H3,(H,30,34)(H,31,35). The van der Waals surface area contributed by atoms with Crippen LogP contribution in [0.15, 0.2) is 108 Å². The van der Waals surface area contributed by atoms with Gasteiger partial charge in [-0.25, -0.2) is 4.68 Å². The Morgan fingerprint density at radius 2 is 1.61 bits per heavy atom. The van der Waals surface area contributed by atoms with Crippen molar-refractivity contribution in [3.63, 3.8) is 0 Å². The van der Waals surface area contributed by atoms with Crippen molar-refractivity contribution in [3.8, 4) is 16.9 Å². The van der Waals surface area contributed by atoms with Crippen LogP contribution in [-0.2, 0) is 6.54 Å². The number of anilines is 1. The molecule has 5 rings (SSSR count). The Morgan fingerprint density at radius 3 is 2.33 bits per heavy atom. The number of nitrogens with one attached hydrogen (secondary N) is 2. The molecule has 3 aromatic carbocycles. The van der Waals surface area contributed by atoms with Gasteiger partial charge in [-0.3, -0.25) is 9.59 Å². The third kappa shape index (κ3) is 4.95. The van der Waals surface area contributed by atoms with Gasteiger partial charge in [-0.05, 0) is 54.4 Å². The predicted octanol–water partition coefficient (Wildman–Crippen LogP) is 5.62. The van der Waals surface area contributed by atoms with E-state index in [0.29, 0.717) is 23.5 Å². The van der Waals surface area contributed by atoms with Crippen LogP contribution in [0, 0.1) is 6.92 Å². The number of hydrogen-bond donors (Lipinski definition) is 2. The highest BCUT2D eigenvalue weighted by molar-refractivity contribution is 6.02. The van der Waals surface area contributed by atoms with Crippen molar-refractivity contribution in [2.24, 2.45) is 0 Å². The van der Waals surface area contributed by atoms with E-state index in [1.165, 1.54) is 6.26 Å². The topological polar surface area (TPSA) is 89.2 Å². The highest BCUT2D eigenvalue weighted by atomic mass is 16.3. The Labute approximate surface area is 208 Å². The van der Waals surface area contributed by atoms with Crippen LogP contribution in [0.5, 0.6) is 0 Å². The lowest BCUT2D eigenvalue weighted by atomic mass is 10.0. The van der Waals surface area contributed by atoms with Crippen LogP contribution < -0.4 is 10.6 Å². The second-order valence-corrected chi connectivity index (χ2v) is 8.30. The minimum absolute atomic E-state index is 0.217. The molecule has 0 fully saturated rings. The van der Waals surface area contributed by atoms with Crippen molar-refractivity contribution in [1.82, 2.24) is 15.1 Å². The Morgan fingerprint density at radius 1 is 0.861 bits per heavy atom. The third-order valence-electron chi connectivity index (χ3n) is 5.79. The fraction of sp³-hybridized carbons (Fsp3) is 0.0690. The zero-order chi connectivity index (χ0) is 24.9. The van der Waals surface area contributed by atoms with Gasteiger partial charge in [-0.1, -0.05) is 54.6 Å². The smallest absolute Gasteiger partial charge is 0.291 e. The number of aromatic nitrogens is 2. The van der Waals surface area contributed by atoms with E-state index >= 15 is 0 Å². The maximum absolute atomic E-state index is 13.3. The monoisotopic (exact) mass is 476 g/mol. The fourth-order valence-corrected chi connectivity index (χ4v) is 3.87. The zero-order valence-electron chi connectivity index (χ0n) is 19.6. The number of carbonyl (C=O) groups is 2. The summed E-state index contributed by atoms with van der Waals surface area (Å²) in [7, 11) is 0. The van der Waals surface area contributed by atoms with Gasteiger partial charge < -0.3 is 15.1 Å². The lowest BCUT2D eigenvalue weighted by Gasteiger charge is -2.08. The largest absolute Gasteiger partial charge is 0.459 e. The summed E-state index contributed by atoms with van der Waals surface area (Å²) < 4.78 is 6.84. The highest BCUT2D eigenvalue weighted by Crippen LogP contribution is 2.27. The molecule has 2 heterocycles. The number of para-hydroxylation sites is 1. The summed E-state index contributed by atoms with van der Waals surface area (Å²) >= 11 is 0. The van der Waals surface area contributed by atoms with Crippen LogP contribution in [0.1, 0.15) is 32.0 Å². The van der Waals surface area contributed by atoms with E-state index in [-0.39, 0.29) is 17.6 Å². The van der Waals surface area contributed by atoms with E-state index in [1.54, 1.807) is 35.1 Å². The van der Waals surface area contributed by atoms with Crippen LogP contribution >= 0.6 is 0 Å². The minimum Gasteiger partial charge on any atom is -0.459 e. The average Bonchev–Trinajstić information content (AvgIpc) is 3.60. The molecule has 36 heavy (non-hydrogen) atoms. The fourth-order valence-electron chi connectivity index (χ4n) is 3.87. The summed E-state index contributed by atoms with van der Waals surface area (Å²) in [5.74, 6) is -0.294. The van der Waals surface area contributed by atoms with Gasteiger partial charge >= 0.3 is 0 Å². The molecule has 2 aromatic heterocycles. The summed E-state index contributed by atoms with van der Waals surface area (Å²) in [6, 6.07) is 28.1. The summed E-state index contributed by atoms with van der Waals surface area (Å²) in [5.41, 5.74) is 5.48. The van der Waals surface area contributed by atoms with Crippen molar-refractivity contribution in [1.29, 1.82) is 0 Å². The Kier molecular flexibility index (Phi) is 6.44. The lowest BCUT2D eigenvalue weighted by Crippen LogP contribution is -2.23. The first-order valence-corrected chi connectivity index (χ1v) is 11.5. The number of furan rings is 1. The van der Waals surface area contributed by atoms with E-state index in [4.69, 9.17) is 9.52 Å². The van der Waals surface area contributed by atoms with E-state index in [0.717, 1.165) is 22.4 Å². The third-order valence-corrected chi connectivity index (χ3v) is 5.79. The van der Waals surface area contributed by atoms with Crippen LogP contribution in [0.25, 0.3) is 16.9 Å². The molecule has 0 aliphatic carbocycles. The quantitative estimate of drug-likeness (QED) is 0.319. The lowest BCUT2D eigenvalue weighted by molar-refractivity contribution is 0.0950. The molecule has 0 spiro atoms. The Hall–Kier alpha value is -4.91. The number of amides is 2. The van der Waals surface area contributed by atoms with Crippen LogP contribution in [0.4, 0.5) is 5.69 Å². The molecule has 0 aliphatic heterocycles. The molecular formula is C29H24N4O3. The highest BCUT2D eigenvalue weighted by Gasteiger charge is 2.19. The molecule has 178 valence electrons. The van der Waals surface area contributed by atoms with Gasteiger partial charge in [-0.15, -0.1) is 0 Å². The second kappa shape index (κ2) is 10.1. The maximum atomic E-state index is 13.3. The number of rotatable bonds is 7. The van der Waals surface area contributed by atoms with Gasteiger partial charge in [0, 0.05) is 24.0 Å². The molecule has 0 radical (unpaired) electrons. The Bertz CT molecular complexity index is 1490. The zero-order valence-corrected chi connectivity index (χ0v) is 19.6. The van der Waals surface area contributed by atoms with Crippen molar-refractivity contribution in [3.05, 3.63) is 126 Å². The SMILES string of the molecule is Cc1ccccc1-c1nn(-c2ccccc2)cc1C(=O)NCc1ccc(NC(=O)c2ccco2)cc1. The van der Waals surface area contributed by atoms with Crippen molar-refractivity contribution >= 4 is 17.5 Å². The molecule has 0 saturated heterocycles. The van der Waals surface area contributed by atoms with Gasteiger partial charge in [0.2, 0.25) is 0 Å². The van der Waals surface area contributed by atoms with Gasteiger partial charge in [-0.2, -0.15) is 5.10 Å². The van der Waals surface area contributed by atoms with Crippen LogP contribution in [0.2, 0.25) is 0 Å². The van der Waals surface area contributed by atoms with Crippen LogP contribution in [-0.4, -0.2) is 21.6 Å². The van der Waals surface area contributed by atoms with E-state index in [9.17, 15) is 9.59 Å². The summed E-state index contributed by atoms with van der Waals surface area (Å²) in [5, 5.41) is 10.5. The van der Waals surface area contributed by atoms with E-state index in [1.807, 2.05) is 73.7 Å². The van der Waals surface area contributed by atoms with Gasteiger partial charge in [0.1, 0.15) is 5.69 Å². The molecule has 0 aliphatic rings. The second-order valence-electron chi connectivity index (χ2n) is 8.30. The molecule has 7 heteroatoms. The number of benzene rings is 3. The summed E-state index contributed by atoms with van der Waals surface area (Å²) in [6.45, 7) is 2.33. The minimum atomic E-state index is -0.319. The maximum Gasteiger partial charge on any atom is 0.291 e.